The molecule has 0 saturated carbocycles. The summed E-state index contributed by atoms with van der Waals surface area (Å²) in [6, 6.07) is 4.59. The third-order valence-corrected chi connectivity index (χ3v) is 5.76. The molecule has 0 spiro atoms. The zero-order valence-electron chi connectivity index (χ0n) is 12.1. The van der Waals surface area contributed by atoms with E-state index in [0.717, 1.165) is 0 Å². The highest BCUT2D eigenvalue weighted by Crippen LogP contribution is 2.23. The van der Waals surface area contributed by atoms with Crippen LogP contribution in [0.4, 0.5) is 0 Å². The van der Waals surface area contributed by atoms with E-state index in [2.05, 4.69) is 5.16 Å². The van der Waals surface area contributed by atoms with Crippen LogP contribution in [-0.2, 0) is 9.84 Å². The average Bonchev–Trinajstić information content (AvgIpc) is 2.36. The lowest BCUT2D eigenvalue weighted by Crippen LogP contribution is -2.32. The Bertz CT molecular complexity index is 636. The molecule has 0 aromatic heterocycles. The van der Waals surface area contributed by atoms with Crippen LogP contribution in [0.1, 0.15) is 26.3 Å². The summed E-state index contributed by atoms with van der Waals surface area (Å²) in [7, 11) is -3.23. The van der Waals surface area contributed by atoms with Crippen molar-refractivity contribution in [3.8, 4) is 5.75 Å². The van der Waals surface area contributed by atoms with Crippen molar-refractivity contribution in [3.05, 3.63) is 28.8 Å². The van der Waals surface area contributed by atoms with Gasteiger partial charge in [-0.2, -0.15) is 0 Å². The van der Waals surface area contributed by atoms with Gasteiger partial charge in [0.2, 0.25) is 0 Å². The Morgan fingerprint density at radius 2 is 2.05 bits per heavy atom. The first kappa shape index (κ1) is 17.6. The van der Waals surface area contributed by atoms with Gasteiger partial charge in [0.25, 0.3) is 0 Å². The van der Waals surface area contributed by atoms with E-state index in [1.54, 1.807) is 26.8 Å². The first-order valence-electron chi connectivity index (χ1n) is 6.21. The molecule has 0 bridgehead atoms. The van der Waals surface area contributed by atoms with E-state index in [1.165, 1.54) is 12.1 Å². The second kappa shape index (κ2) is 6.53. The van der Waals surface area contributed by atoms with Gasteiger partial charge in [0, 0.05) is 5.56 Å². The summed E-state index contributed by atoms with van der Waals surface area (Å²) in [6.07, 6.45) is 0. The van der Waals surface area contributed by atoms with Crippen LogP contribution in [-0.4, -0.2) is 36.6 Å². The maximum Gasteiger partial charge on any atom is 0.171 e. The lowest BCUT2D eigenvalue weighted by atomic mass is 10.2. The van der Waals surface area contributed by atoms with Gasteiger partial charge in [0.1, 0.15) is 12.4 Å². The van der Waals surface area contributed by atoms with Crippen molar-refractivity contribution in [2.24, 2.45) is 10.9 Å². The highest BCUT2D eigenvalue weighted by atomic mass is 35.5. The Kier molecular flexibility index (Phi) is 5.47. The van der Waals surface area contributed by atoms with Gasteiger partial charge in [-0.3, -0.25) is 0 Å². The third-order valence-electron chi connectivity index (χ3n) is 2.88. The van der Waals surface area contributed by atoms with Crippen LogP contribution >= 0.6 is 11.6 Å². The molecule has 0 unspecified atom stereocenters. The van der Waals surface area contributed by atoms with E-state index in [1.807, 2.05) is 0 Å². The first-order chi connectivity index (χ1) is 9.58. The predicted octanol–water partition coefficient (Wildman–Crippen LogP) is 2.03. The number of benzene rings is 1. The van der Waals surface area contributed by atoms with Crippen LogP contribution in [0.5, 0.6) is 5.75 Å². The van der Waals surface area contributed by atoms with Gasteiger partial charge in [-0.1, -0.05) is 16.8 Å². The van der Waals surface area contributed by atoms with Gasteiger partial charge in [-0.05, 0) is 39.0 Å². The molecule has 1 aromatic rings. The van der Waals surface area contributed by atoms with Crippen LogP contribution in [0.3, 0.4) is 0 Å². The summed E-state index contributed by atoms with van der Waals surface area (Å²) < 4.78 is 28.4. The normalized spacial score (nSPS) is 13.2. The molecule has 0 heterocycles. The summed E-state index contributed by atoms with van der Waals surface area (Å²) >= 11 is 5.97. The van der Waals surface area contributed by atoms with Gasteiger partial charge in [0.05, 0.1) is 15.5 Å². The van der Waals surface area contributed by atoms with Crippen molar-refractivity contribution in [2.45, 2.75) is 25.5 Å². The monoisotopic (exact) mass is 334 g/mol. The zero-order valence-corrected chi connectivity index (χ0v) is 13.7. The minimum atomic E-state index is -3.23. The minimum Gasteiger partial charge on any atom is -0.492 e. The predicted molar refractivity (Wildman–Crippen MR) is 83.0 cm³/mol. The molecule has 1 aromatic carbocycles. The molecule has 118 valence electrons. The van der Waals surface area contributed by atoms with Crippen molar-refractivity contribution in [1.29, 1.82) is 0 Å². The molecular formula is C13H19ClN2O4S. The average molecular weight is 335 g/mol. The number of sulfone groups is 1. The number of rotatable bonds is 5. The molecule has 3 N–H and O–H groups in total. The Hall–Kier alpha value is -1.47. The van der Waals surface area contributed by atoms with Crippen LogP contribution in [0.2, 0.25) is 5.02 Å². The fourth-order valence-corrected chi connectivity index (χ4v) is 2.61. The number of ether oxygens (including phenoxy) is 1. The SMILES string of the molecule is CC(C)(C)S(=O)(=O)CCOc1ccc(/C(N)=N/O)c(Cl)c1. The second-order valence-electron chi connectivity index (χ2n) is 5.41. The second-order valence-corrected chi connectivity index (χ2v) is 8.68. The molecular weight excluding hydrogens is 316 g/mol. The van der Waals surface area contributed by atoms with Crippen molar-refractivity contribution in [2.75, 3.05) is 12.4 Å². The van der Waals surface area contributed by atoms with E-state index in [4.69, 9.17) is 27.3 Å². The maximum atomic E-state index is 11.9. The van der Waals surface area contributed by atoms with Gasteiger partial charge < -0.3 is 15.7 Å². The Morgan fingerprint density at radius 1 is 1.43 bits per heavy atom. The molecule has 0 aliphatic rings. The largest absolute Gasteiger partial charge is 0.492 e. The summed E-state index contributed by atoms with van der Waals surface area (Å²) in [5.41, 5.74) is 5.81. The minimum absolute atomic E-state index is 0.0266. The molecule has 0 aliphatic carbocycles. The number of nitrogens with two attached hydrogens (primary N) is 1. The van der Waals surface area contributed by atoms with Crippen LogP contribution in [0.15, 0.2) is 23.4 Å². The molecule has 0 aliphatic heterocycles. The van der Waals surface area contributed by atoms with E-state index < -0.39 is 14.6 Å². The molecule has 0 saturated heterocycles. The van der Waals surface area contributed by atoms with Gasteiger partial charge >= 0.3 is 0 Å². The number of hydrogen-bond donors (Lipinski definition) is 2. The molecule has 21 heavy (non-hydrogen) atoms. The van der Waals surface area contributed by atoms with E-state index in [9.17, 15) is 8.42 Å². The topological polar surface area (TPSA) is 102 Å². The molecule has 0 atom stereocenters. The molecule has 0 amide bonds. The quantitative estimate of drug-likeness (QED) is 0.371. The first-order valence-corrected chi connectivity index (χ1v) is 8.24. The van der Waals surface area contributed by atoms with Gasteiger partial charge in [-0.15, -0.1) is 0 Å². The maximum absolute atomic E-state index is 11.9. The fourth-order valence-electron chi connectivity index (χ4n) is 1.42. The fraction of sp³-hybridized carbons (Fsp3) is 0.462. The molecule has 1 rings (SSSR count). The van der Waals surface area contributed by atoms with Crippen LogP contribution < -0.4 is 10.5 Å². The smallest absolute Gasteiger partial charge is 0.171 e. The lowest BCUT2D eigenvalue weighted by Gasteiger charge is -2.19. The van der Waals surface area contributed by atoms with Crippen LogP contribution in [0, 0.1) is 0 Å². The van der Waals surface area contributed by atoms with Gasteiger partial charge in [-0.25, -0.2) is 8.42 Å². The summed E-state index contributed by atoms with van der Waals surface area (Å²) in [6.45, 7) is 4.96. The highest BCUT2D eigenvalue weighted by Gasteiger charge is 2.28. The van der Waals surface area contributed by atoms with Crippen molar-refractivity contribution in [3.63, 3.8) is 0 Å². The molecule has 0 fully saturated rings. The Morgan fingerprint density at radius 3 is 2.52 bits per heavy atom. The van der Waals surface area contributed by atoms with E-state index >= 15 is 0 Å². The molecule has 0 radical (unpaired) electrons. The third kappa shape index (κ3) is 4.50. The van der Waals surface area contributed by atoms with Crippen LogP contribution in [0.25, 0.3) is 0 Å². The number of amidine groups is 1. The van der Waals surface area contributed by atoms with E-state index in [-0.39, 0.29) is 23.2 Å². The van der Waals surface area contributed by atoms with E-state index in [0.29, 0.717) is 11.3 Å². The Balaban J connectivity index is 2.73. The number of hydrogen-bond acceptors (Lipinski definition) is 5. The number of oxime groups is 1. The standard InChI is InChI=1S/C13H19ClN2O4S/c1-13(2,3)21(18,19)7-6-20-9-4-5-10(11(14)8-9)12(15)16-17/h4-5,8,17H,6-7H2,1-3H3,(H2,15,16). The summed E-state index contributed by atoms with van der Waals surface area (Å²) in [4.78, 5) is 0. The van der Waals surface area contributed by atoms with Gasteiger partial charge in [0.15, 0.2) is 15.7 Å². The zero-order chi connectivity index (χ0) is 16.3. The number of nitrogens with zero attached hydrogens (tertiary/aromatic N) is 1. The van der Waals surface area contributed by atoms with Crippen molar-refractivity contribution in [1.82, 2.24) is 0 Å². The van der Waals surface area contributed by atoms with Crippen molar-refractivity contribution < 1.29 is 18.4 Å². The molecule has 8 heteroatoms. The number of halogens is 1. The highest BCUT2D eigenvalue weighted by molar-refractivity contribution is 7.92. The Labute approximate surface area is 129 Å². The summed E-state index contributed by atoms with van der Waals surface area (Å²) in [5.74, 6) is 0.219. The summed E-state index contributed by atoms with van der Waals surface area (Å²) in [5, 5.41) is 11.7. The molecule has 6 nitrogen and oxygen atoms in total. The van der Waals surface area contributed by atoms with Crippen molar-refractivity contribution >= 4 is 27.3 Å². The lowest BCUT2D eigenvalue weighted by molar-refractivity contribution is 0.318.